The summed E-state index contributed by atoms with van der Waals surface area (Å²) in [5.74, 6) is -1.94. The van der Waals surface area contributed by atoms with E-state index < -0.39 is 13.4 Å². The number of rotatable bonds is 4. The lowest BCUT2D eigenvalue weighted by Gasteiger charge is -2.38. The molecule has 0 amide bonds. The Morgan fingerprint density at radius 1 is 1.00 bits per heavy atom. The highest BCUT2D eigenvalue weighted by molar-refractivity contribution is 7.49. The van der Waals surface area contributed by atoms with Crippen LogP contribution in [0.1, 0.15) is 11.4 Å². The molecule has 0 bridgehead atoms. The van der Waals surface area contributed by atoms with Crippen LogP contribution in [0.15, 0.2) is 54.6 Å². The van der Waals surface area contributed by atoms with E-state index in [4.69, 9.17) is 4.74 Å². The number of hydrogen-bond donors (Lipinski definition) is 1. The van der Waals surface area contributed by atoms with E-state index in [9.17, 15) is 19.5 Å². The Kier molecular flexibility index (Phi) is 3.90. The summed E-state index contributed by atoms with van der Waals surface area (Å²) in [6.45, 7) is 0. The fraction of sp³-hybridized carbons (Fsp3) is 0.0769. The highest BCUT2D eigenvalue weighted by Crippen LogP contribution is 2.46. The standard InChI is InChI=1S/C13H13O5P/c14-11-8-4-5-9-12(11)18-13(19(15,16)17)10-6-2-1-3-7-10/h1-9,13-14H,(H2,15,16,17)/p-2/t13-/m0/s1. The van der Waals surface area contributed by atoms with Gasteiger partial charge in [0.1, 0.15) is 5.85 Å². The molecule has 0 unspecified atom stereocenters. The van der Waals surface area contributed by atoms with Crippen LogP contribution in [-0.4, -0.2) is 5.11 Å². The second-order valence-corrected chi connectivity index (χ2v) is 5.44. The number of aromatic hydroxyl groups is 1. The molecular formula is C13H11O5P-2. The lowest BCUT2D eigenvalue weighted by Crippen LogP contribution is -2.24. The normalized spacial score (nSPS) is 12.9. The number of phenols is 1. The molecule has 2 aromatic rings. The van der Waals surface area contributed by atoms with Crippen molar-refractivity contribution in [3.05, 3.63) is 60.2 Å². The maximum atomic E-state index is 11.3. The third-order valence-electron chi connectivity index (χ3n) is 2.48. The minimum absolute atomic E-state index is 0.0525. The zero-order chi connectivity index (χ0) is 13.9. The average Bonchev–Trinajstić information content (AvgIpc) is 2.37. The summed E-state index contributed by atoms with van der Waals surface area (Å²) >= 11 is 0. The fourth-order valence-corrected chi connectivity index (χ4v) is 2.39. The molecule has 0 aliphatic carbocycles. The Morgan fingerprint density at radius 2 is 1.58 bits per heavy atom. The summed E-state index contributed by atoms with van der Waals surface area (Å²) in [5, 5.41) is 9.55. The summed E-state index contributed by atoms with van der Waals surface area (Å²) in [7, 11) is -5.02. The smallest absolute Gasteiger partial charge is 0.162 e. The molecule has 1 N–H and O–H groups in total. The van der Waals surface area contributed by atoms with Crippen molar-refractivity contribution in [1.82, 2.24) is 0 Å². The molecule has 0 spiro atoms. The van der Waals surface area contributed by atoms with E-state index in [1.165, 1.54) is 24.3 Å². The first-order valence-corrected chi connectivity index (χ1v) is 7.11. The number of phenolic OH excluding ortho intramolecular Hbond substituents is 1. The SMILES string of the molecule is O=P([O-])([O-])[C@H](Oc1ccccc1O)c1ccccc1. The van der Waals surface area contributed by atoms with Crippen molar-refractivity contribution in [3.63, 3.8) is 0 Å². The molecule has 19 heavy (non-hydrogen) atoms. The maximum absolute atomic E-state index is 11.3. The molecule has 100 valence electrons. The number of ether oxygens (including phenoxy) is 1. The molecule has 1 atom stereocenters. The van der Waals surface area contributed by atoms with E-state index in [2.05, 4.69) is 0 Å². The Balaban J connectivity index is 2.36. The average molecular weight is 278 g/mol. The number of para-hydroxylation sites is 2. The van der Waals surface area contributed by atoms with Crippen molar-refractivity contribution in [3.8, 4) is 11.5 Å². The Hall–Kier alpha value is -1.81. The summed E-state index contributed by atoms with van der Waals surface area (Å²) in [6.07, 6.45) is 0. The summed E-state index contributed by atoms with van der Waals surface area (Å²) < 4.78 is 16.5. The predicted molar refractivity (Wildman–Crippen MR) is 65.5 cm³/mol. The highest BCUT2D eigenvalue weighted by atomic mass is 31.2. The van der Waals surface area contributed by atoms with Gasteiger partial charge in [0, 0.05) is 0 Å². The minimum atomic E-state index is -5.02. The molecule has 0 saturated carbocycles. The predicted octanol–water partition coefficient (Wildman–Crippen LogP) is 1.38. The summed E-state index contributed by atoms with van der Waals surface area (Å²) in [5.41, 5.74) is 0.221. The lowest BCUT2D eigenvalue weighted by atomic mass is 10.2. The van der Waals surface area contributed by atoms with Crippen molar-refractivity contribution in [2.24, 2.45) is 0 Å². The van der Waals surface area contributed by atoms with E-state index >= 15 is 0 Å². The minimum Gasteiger partial charge on any atom is -0.808 e. The van der Waals surface area contributed by atoms with Gasteiger partial charge in [-0.2, -0.15) is 0 Å². The van der Waals surface area contributed by atoms with Crippen LogP contribution in [-0.2, 0) is 4.57 Å². The Morgan fingerprint density at radius 3 is 2.16 bits per heavy atom. The topological polar surface area (TPSA) is 92.7 Å². The third kappa shape index (κ3) is 3.35. The zero-order valence-electron chi connectivity index (χ0n) is 9.80. The van der Waals surface area contributed by atoms with Gasteiger partial charge in [-0.25, -0.2) is 0 Å². The summed E-state index contributed by atoms with van der Waals surface area (Å²) in [4.78, 5) is 22.6. The van der Waals surface area contributed by atoms with Crippen molar-refractivity contribution in [2.45, 2.75) is 5.85 Å². The van der Waals surface area contributed by atoms with Gasteiger partial charge >= 0.3 is 0 Å². The van der Waals surface area contributed by atoms with Gasteiger partial charge in [-0.05, 0) is 25.3 Å². The van der Waals surface area contributed by atoms with Crippen LogP contribution in [0.4, 0.5) is 0 Å². The van der Waals surface area contributed by atoms with Gasteiger partial charge in [0.15, 0.2) is 11.5 Å². The second kappa shape index (κ2) is 5.45. The molecule has 0 fully saturated rings. The van der Waals surface area contributed by atoms with Crippen LogP contribution < -0.4 is 14.5 Å². The largest absolute Gasteiger partial charge is 0.808 e. The number of benzene rings is 2. The van der Waals surface area contributed by atoms with Crippen LogP contribution >= 0.6 is 7.60 Å². The molecule has 5 nitrogen and oxygen atoms in total. The molecule has 0 saturated heterocycles. The lowest BCUT2D eigenvalue weighted by molar-refractivity contribution is -0.321. The third-order valence-corrected chi connectivity index (χ3v) is 3.45. The van der Waals surface area contributed by atoms with Gasteiger partial charge in [0.05, 0.1) is 0 Å². The van der Waals surface area contributed by atoms with E-state index in [0.717, 1.165) is 0 Å². The highest BCUT2D eigenvalue weighted by Gasteiger charge is 2.18. The van der Waals surface area contributed by atoms with Gasteiger partial charge < -0.3 is 24.2 Å². The molecule has 6 heteroatoms. The van der Waals surface area contributed by atoms with Gasteiger partial charge in [0.2, 0.25) is 0 Å². The first-order valence-electron chi connectivity index (χ1n) is 5.50. The van der Waals surface area contributed by atoms with Gasteiger partial charge in [-0.1, -0.05) is 42.5 Å². The van der Waals surface area contributed by atoms with Crippen LogP contribution in [0, 0.1) is 0 Å². The molecule has 0 aromatic heterocycles. The Labute approximate surface area is 110 Å². The van der Waals surface area contributed by atoms with Crippen LogP contribution in [0.3, 0.4) is 0 Å². The van der Waals surface area contributed by atoms with Crippen molar-refractivity contribution >= 4 is 7.60 Å². The molecule has 0 radical (unpaired) electrons. The number of hydrogen-bond acceptors (Lipinski definition) is 5. The fourth-order valence-electron chi connectivity index (χ4n) is 1.61. The molecule has 0 heterocycles. The zero-order valence-corrected chi connectivity index (χ0v) is 10.7. The van der Waals surface area contributed by atoms with Gasteiger partial charge in [0.25, 0.3) is 0 Å². The van der Waals surface area contributed by atoms with Crippen molar-refractivity contribution in [1.29, 1.82) is 0 Å². The van der Waals surface area contributed by atoms with E-state index in [-0.39, 0.29) is 17.1 Å². The molecule has 0 aliphatic rings. The van der Waals surface area contributed by atoms with E-state index in [1.54, 1.807) is 30.3 Å². The molecule has 2 rings (SSSR count). The summed E-state index contributed by atoms with van der Waals surface area (Å²) in [6, 6.07) is 13.7. The van der Waals surface area contributed by atoms with E-state index in [1.807, 2.05) is 0 Å². The first-order chi connectivity index (χ1) is 8.98. The Bertz CT molecular complexity index is 593. The van der Waals surface area contributed by atoms with Crippen molar-refractivity contribution < 1.29 is 24.2 Å². The van der Waals surface area contributed by atoms with Gasteiger partial charge in [-0.15, -0.1) is 0 Å². The molecular weight excluding hydrogens is 267 g/mol. The first kappa shape index (κ1) is 13.6. The van der Waals surface area contributed by atoms with Crippen LogP contribution in [0.5, 0.6) is 11.5 Å². The van der Waals surface area contributed by atoms with Crippen molar-refractivity contribution in [2.75, 3.05) is 0 Å². The van der Waals surface area contributed by atoms with E-state index in [0.29, 0.717) is 0 Å². The second-order valence-electron chi connectivity index (χ2n) is 3.89. The molecule has 2 aromatic carbocycles. The molecule has 0 aliphatic heterocycles. The monoisotopic (exact) mass is 278 g/mol. The van der Waals surface area contributed by atoms with Crippen LogP contribution in [0.2, 0.25) is 0 Å². The van der Waals surface area contributed by atoms with Crippen LogP contribution in [0.25, 0.3) is 0 Å². The maximum Gasteiger partial charge on any atom is 0.162 e. The van der Waals surface area contributed by atoms with Gasteiger partial charge in [-0.3, -0.25) is 0 Å². The quantitative estimate of drug-likeness (QED) is 0.853.